The first kappa shape index (κ1) is 15.9. The molecule has 124 valence electrons. The highest BCUT2D eigenvalue weighted by Gasteiger charge is 2.26. The van der Waals surface area contributed by atoms with Gasteiger partial charge in [0.1, 0.15) is 5.82 Å². The smallest absolute Gasteiger partial charge is 0.201 e. The number of carbonyl (C=O) groups is 2. The predicted octanol–water partition coefficient (Wildman–Crippen LogP) is 3.70. The van der Waals surface area contributed by atoms with Gasteiger partial charge in [0.15, 0.2) is 11.4 Å². The Morgan fingerprint density at radius 3 is 2.92 bits per heavy atom. The van der Waals surface area contributed by atoms with Gasteiger partial charge in [-0.05, 0) is 42.1 Å². The highest BCUT2D eigenvalue weighted by Crippen LogP contribution is 2.31. The molecule has 0 radical (unpaired) electrons. The fraction of sp³-hybridized carbons (Fsp3) is 0.0588. The summed E-state index contributed by atoms with van der Waals surface area (Å²) in [5, 5.41) is 7.89. The van der Waals surface area contributed by atoms with E-state index in [0.29, 0.717) is 27.0 Å². The number of carbonyl (C=O) groups excluding carboxylic acids is 2. The Morgan fingerprint density at radius 2 is 2.16 bits per heavy atom. The zero-order chi connectivity index (χ0) is 17.4. The summed E-state index contributed by atoms with van der Waals surface area (Å²) in [7, 11) is 0. The van der Waals surface area contributed by atoms with E-state index in [-0.39, 0.29) is 17.3 Å². The Labute approximate surface area is 151 Å². The molecule has 2 aromatic heterocycles. The number of thioether (sulfide) groups is 1. The Kier molecular flexibility index (Phi) is 4.03. The number of allylic oxidation sites excluding steroid dienone is 1. The number of hydrogen-bond acceptors (Lipinski definition) is 6. The number of nitrogens with one attached hydrogen (secondary N) is 1. The molecule has 1 aromatic carbocycles. The number of benzene rings is 1. The SMILES string of the molecule is O=C1CC(=O)/C(=C\c2cnn3ccc(Nc4cccc(Cl)c4)nc23)S1. The van der Waals surface area contributed by atoms with Gasteiger partial charge in [0.25, 0.3) is 0 Å². The Hall–Kier alpha value is -2.64. The molecule has 0 atom stereocenters. The first-order chi connectivity index (χ1) is 12.1. The molecule has 0 amide bonds. The number of halogens is 1. The average molecular weight is 371 g/mol. The summed E-state index contributed by atoms with van der Waals surface area (Å²) < 4.78 is 1.61. The molecule has 0 saturated carbocycles. The molecule has 8 heteroatoms. The van der Waals surface area contributed by atoms with Crippen LogP contribution in [0.5, 0.6) is 0 Å². The fourth-order valence-electron chi connectivity index (χ4n) is 2.46. The number of hydrogen-bond donors (Lipinski definition) is 1. The number of nitrogens with zero attached hydrogens (tertiary/aromatic N) is 3. The third-order valence-corrected chi connectivity index (χ3v) is 4.76. The summed E-state index contributed by atoms with van der Waals surface area (Å²) in [4.78, 5) is 28.2. The van der Waals surface area contributed by atoms with Crippen molar-refractivity contribution >= 4 is 57.5 Å². The van der Waals surface area contributed by atoms with Gasteiger partial charge in [0.05, 0.1) is 17.5 Å². The molecule has 0 spiro atoms. The number of rotatable bonds is 3. The monoisotopic (exact) mass is 370 g/mol. The van der Waals surface area contributed by atoms with Gasteiger partial charge in [-0.2, -0.15) is 5.10 Å². The maximum Gasteiger partial charge on any atom is 0.201 e. The lowest BCUT2D eigenvalue weighted by atomic mass is 10.2. The third-order valence-electron chi connectivity index (χ3n) is 3.58. The summed E-state index contributed by atoms with van der Waals surface area (Å²) >= 11 is 6.96. The highest BCUT2D eigenvalue weighted by atomic mass is 35.5. The second-order valence-corrected chi connectivity index (χ2v) is 6.93. The van der Waals surface area contributed by atoms with Crippen molar-refractivity contribution in [2.24, 2.45) is 0 Å². The van der Waals surface area contributed by atoms with Crippen molar-refractivity contribution < 1.29 is 9.59 Å². The minimum atomic E-state index is -0.164. The molecule has 1 fully saturated rings. The van der Waals surface area contributed by atoms with E-state index in [1.54, 1.807) is 41.2 Å². The molecule has 6 nitrogen and oxygen atoms in total. The second-order valence-electron chi connectivity index (χ2n) is 5.40. The van der Waals surface area contributed by atoms with E-state index < -0.39 is 0 Å². The lowest BCUT2D eigenvalue weighted by molar-refractivity contribution is -0.119. The van der Waals surface area contributed by atoms with Crippen LogP contribution < -0.4 is 5.32 Å². The summed E-state index contributed by atoms with van der Waals surface area (Å²) in [5.41, 5.74) is 2.09. The molecule has 0 unspecified atom stereocenters. The van der Waals surface area contributed by atoms with Gasteiger partial charge in [0, 0.05) is 22.5 Å². The van der Waals surface area contributed by atoms with Crippen LogP contribution in [0.3, 0.4) is 0 Å². The second kappa shape index (κ2) is 6.34. The fourth-order valence-corrected chi connectivity index (χ4v) is 3.47. The summed E-state index contributed by atoms with van der Waals surface area (Å²) in [5.74, 6) is 0.457. The van der Waals surface area contributed by atoms with E-state index in [4.69, 9.17) is 11.6 Å². The largest absolute Gasteiger partial charge is 0.340 e. The Morgan fingerprint density at radius 1 is 1.28 bits per heavy atom. The molecule has 1 aliphatic rings. The Balaban J connectivity index is 1.69. The van der Waals surface area contributed by atoms with E-state index in [0.717, 1.165) is 17.4 Å². The molecule has 0 aliphatic carbocycles. The molecular weight excluding hydrogens is 360 g/mol. The van der Waals surface area contributed by atoms with Crippen molar-refractivity contribution in [2.45, 2.75) is 6.42 Å². The summed E-state index contributed by atoms with van der Waals surface area (Å²) in [6, 6.07) is 9.11. The molecule has 3 aromatic rings. The molecule has 3 heterocycles. The van der Waals surface area contributed by atoms with Gasteiger partial charge in [-0.3, -0.25) is 9.59 Å². The van der Waals surface area contributed by atoms with Crippen LogP contribution in [-0.4, -0.2) is 25.5 Å². The number of anilines is 2. The zero-order valence-electron chi connectivity index (χ0n) is 12.8. The molecule has 1 aliphatic heterocycles. The van der Waals surface area contributed by atoms with Crippen LogP contribution in [-0.2, 0) is 9.59 Å². The van der Waals surface area contributed by atoms with Crippen LogP contribution in [0.15, 0.2) is 47.6 Å². The van der Waals surface area contributed by atoms with Crippen LogP contribution in [0.25, 0.3) is 11.7 Å². The van der Waals surface area contributed by atoms with Crippen LogP contribution in [0.4, 0.5) is 11.5 Å². The average Bonchev–Trinajstić information content (AvgIpc) is 3.11. The van der Waals surface area contributed by atoms with Crippen LogP contribution in [0.1, 0.15) is 12.0 Å². The van der Waals surface area contributed by atoms with Crippen molar-refractivity contribution in [3.63, 3.8) is 0 Å². The first-order valence-corrected chi connectivity index (χ1v) is 8.60. The quantitative estimate of drug-likeness (QED) is 0.559. The predicted molar refractivity (Wildman–Crippen MR) is 97.9 cm³/mol. The van der Waals surface area contributed by atoms with E-state index in [9.17, 15) is 9.59 Å². The maximum atomic E-state index is 11.8. The van der Waals surface area contributed by atoms with Crippen molar-refractivity contribution in [1.29, 1.82) is 0 Å². The Bertz CT molecular complexity index is 1040. The lowest BCUT2D eigenvalue weighted by Crippen LogP contribution is -1.97. The number of aromatic nitrogens is 3. The van der Waals surface area contributed by atoms with Gasteiger partial charge in [0.2, 0.25) is 5.12 Å². The number of fused-ring (bicyclic) bond motifs is 1. The van der Waals surface area contributed by atoms with Gasteiger partial charge >= 0.3 is 0 Å². The molecule has 25 heavy (non-hydrogen) atoms. The van der Waals surface area contributed by atoms with Crippen molar-refractivity contribution in [3.8, 4) is 0 Å². The van der Waals surface area contributed by atoms with E-state index in [1.807, 2.05) is 12.1 Å². The lowest BCUT2D eigenvalue weighted by Gasteiger charge is -2.06. The minimum Gasteiger partial charge on any atom is -0.340 e. The van der Waals surface area contributed by atoms with Crippen molar-refractivity contribution in [3.05, 3.63) is 58.2 Å². The molecule has 1 saturated heterocycles. The summed E-state index contributed by atoms with van der Waals surface area (Å²) in [6.07, 6.45) is 5.00. The van der Waals surface area contributed by atoms with E-state index >= 15 is 0 Å². The minimum absolute atomic E-state index is 0.0509. The van der Waals surface area contributed by atoms with Crippen LogP contribution in [0, 0.1) is 0 Å². The highest BCUT2D eigenvalue weighted by molar-refractivity contribution is 8.18. The van der Waals surface area contributed by atoms with Crippen molar-refractivity contribution in [2.75, 3.05) is 5.32 Å². The molecule has 0 bridgehead atoms. The van der Waals surface area contributed by atoms with Gasteiger partial charge in [-0.15, -0.1) is 0 Å². The number of Topliss-reactive ketones (excluding diaryl/α,β-unsaturated/α-hetero) is 1. The normalized spacial score (nSPS) is 16.1. The van der Waals surface area contributed by atoms with Gasteiger partial charge in [-0.1, -0.05) is 17.7 Å². The topological polar surface area (TPSA) is 76.4 Å². The van der Waals surface area contributed by atoms with Gasteiger partial charge < -0.3 is 5.32 Å². The third kappa shape index (κ3) is 3.29. The molecule has 4 rings (SSSR count). The maximum absolute atomic E-state index is 11.8. The first-order valence-electron chi connectivity index (χ1n) is 7.41. The molecular formula is C17H11ClN4O2S. The zero-order valence-corrected chi connectivity index (χ0v) is 14.3. The summed E-state index contributed by atoms with van der Waals surface area (Å²) in [6.45, 7) is 0. The van der Waals surface area contributed by atoms with Crippen LogP contribution in [0.2, 0.25) is 5.02 Å². The van der Waals surface area contributed by atoms with Crippen molar-refractivity contribution in [1.82, 2.24) is 14.6 Å². The number of ketones is 1. The van der Waals surface area contributed by atoms with Crippen LogP contribution >= 0.6 is 23.4 Å². The van der Waals surface area contributed by atoms with E-state index in [1.165, 1.54) is 0 Å². The molecule has 1 N–H and O–H groups in total. The standard InChI is InChI=1S/C17H11ClN4O2S/c18-11-2-1-3-12(7-11)20-15-4-5-22-17(21-15)10(9-19-22)6-14-13(23)8-16(24)25-14/h1-7,9H,8H2,(H,20,21)/b14-6+. The van der Waals surface area contributed by atoms with E-state index in [2.05, 4.69) is 15.4 Å². The van der Waals surface area contributed by atoms with Gasteiger partial charge in [-0.25, -0.2) is 9.50 Å².